The van der Waals surface area contributed by atoms with Gasteiger partial charge in [-0.3, -0.25) is 18.8 Å². The zero-order chi connectivity index (χ0) is 32.2. The number of halogens is 1. The van der Waals surface area contributed by atoms with Gasteiger partial charge in [0.15, 0.2) is 5.82 Å². The summed E-state index contributed by atoms with van der Waals surface area (Å²) in [7, 11) is 1.88. The first kappa shape index (κ1) is 29.2. The Kier molecular flexibility index (Phi) is 7.15. The average molecular weight is 608 g/mol. The van der Waals surface area contributed by atoms with Gasteiger partial charge in [-0.15, -0.1) is 0 Å². The van der Waals surface area contributed by atoms with E-state index in [4.69, 9.17) is 5.73 Å². The van der Waals surface area contributed by atoms with Crippen molar-refractivity contribution < 1.29 is 9.18 Å². The van der Waals surface area contributed by atoms with Gasteiger partial charge >= 0.3 is 5.69 Å². The van der Waals surface area contributed by atoms with Crippen LogP contribution in [0.15, 0.2) is 76.7 Å². The van der Waals surface area contributed by atoms with Crippen LogP contribution in [-0.4, -0.2) is 39.4 Å². The summed E-state index contributed by atoms with van der Waals surface area (Å²) < 4.78 is 19.6. The highest BCUT2D eigenvalue weighted by Gasteiger charge is 2.23. The maximum atomic E-state index is 14.0. The third-order valence-electron chi connectivity index (χ3n) is 7.78. The molecule has 3 N–H and O–H groups in total. The number of carbonyl (C=O) groups is 1. The average Bonchev–Trinajstić information content (AvgIpc) is 3.49. The topological polar surface area (TPSA) is 147 Å². The van der Waals surface area contributed by atoms with Crippen LogP contribution < -0.4 is 22.3 Å². The van der Waals surface area contributed by atoms with Gasteiger partial charge in [-0.25, -0.2) is 23.3 Å². The molecule has 0 aliphatic rings. The van der Waals surface area contributed by atoms with E-state index in [0.717, 1.165) is 44.4 Å². The number of anilines is 2. The molecule has 0 aliphatic carbocycles. The number of benzene rings is 2. The molecule has 45 heavy (non-hydrogen) atoms. The zero-order valence-electron chi connectivity index (χ0n) is 25.2. The molecule has 0 bridgehead atoms. The monoisotopic (exact) mass is 607 g/mol. The molecule has 0 saturated heterocycles. The van der Waals surface area contributed by atoms with E-state index in [1.54, 1.807) is 30.5 Å². The number of amides is 1. The Morgan fingerprint density at radius 2 is 1.78 bits per heavy atom. The van der Waals surface area contributed by atoms with Crippen molar-refractivity contribution in [2.45, 2.75) is 33.7 Å². The van der Waals surface area contributed by atoms with Crippen molar-refractivity contribution in [2.24, 2.45) is 7.05 Å². The highest BCUT2D eigenvalue weighted by molar-refractivity contribution is 6.04. The Morgan fingerprint density at radius 3 is 2.42 bits per heavy atom. The molecule has 0 unspecified atom stereocenters. The molecule has 0 atom stereocenters. The number of nitrogens with one attached hydrogen (secondary N) is 1. The smallest absolute Gasteiger partial charge is 0.335 e. The molecule has 12 nitrogen and oxygen atoms in total. The SMILES string of the molecule is Cc1nn(C)c(C)c1-c1cc(-c2ccc(NC(=O)c3cn(C(C)C)c(=O)n(-c4cccc(F)c4)c3=O)cc2)c2c(N)ncnn12. The molecule has 4 heterocycles. The van der Waals surface area contributed by atoms with E-state index in [2.05, 4.69) is 20.5 Å². The fourth-order valence-electron chi connectivity index (χ4n) is 5.48. The third kappa shape index (κ3) is 4.97. The summed E-state index contributed by atoms with van der Waals surface area (Å²) in [6, 6.07) is 13.7. The first-order valence-electron chi connectivity index (χ1n) is 14.1. The maximum Gasteiger partial charge on any atom is 0.335 e. The van der Waals surface area contributed by atoms with Crippen molar-refractivity contribution in [2.75, 3.05) is 11.1 Å². The second kappa shape index (κ2) is 11.0. The first-order valence-corrected chi connectivity index (χ1v) is 14.1. The van der Waals surface area contributed by atoms with Crippen LogP contribution in [0.4, 0.5) is 15.9 Å². The van der Waals surface area contributed by atoms with Crippen LogP contribution in [0.1, 0.15) is 41.6 Å². The van der Waals surface area contributed by atoms with Crippen molar-refractivity contribution in [1.82, 2.24) is 33.5 Å². The molecule has 4 aromatic heterocycles. The fourth-order valence-corrected chi connectivity index (χ4v) is 5.48. The number of carbonyl (C=O) groups excluding carboxylic acids is 1. The quantitative estimate of drug-likeness (QED) is 0.287. The molecule has 228 valence electrons. The molecule has 6 rings (SSSR count). The minimum Gasteiger partial charge on any atom is -0.382 e. The van der Waals surface area contributed by atoms with Crippen LogP contribution in [0.5, 0.6) is 0 Å². The molecule has 1 amide bonds. The summed E-state index contributed by atoms with van der Waals surface area (Å²) in [5, 5.41) is 11.8. The fraction of sp³-hybridized carbons (Fsp3) is 0.188. The van der Waals surface area contributed by atoms with E-state index in [0.29, 0.717) is 17.0 Å². The number of hydrogen-bond donors (Lipinski definition) is 2. The van der Waals surface area contributed by atoms with Crippen LogP contribution in [0.25, 0.3) is 33.6 Å². The molecule has 0 spiro atoms. The zero-order valence-corrected chi connectivity index (χ0v) is 25.2. The predicted octanol–water partition coefficient (Wildman–Crippen LogP) is 4.28. The standard InChI is InChI=1S/C32H30FN9O3/c1-17(2)40-15-25(31(44)41(32(40)45)23-8-6-7-21(33)13-23)30(43)37-22-11-9-20(10-12-22)24-14-26(27-18(3)38-39(5)19(27)4)42-28(24)29(34)35-16-36-42/h6-17H,1-5H3,(H,37,43)(H2,34,35,36). The Bertz CT molecular complexity index is 2240. The molecule has 0 aliphatic heterocycles. The molecule has 13 heteroatoms. The van der Waals surface area contributed by atoms with Crippen LogP contribution in [-0.2, 0) is 7.05 Å². The highest BCUT2D eigenvalue weighted by atomic mass is 19.1. The van der Waals surface area contributed by atoms with Gasteiger partial charge < -0.3 is 11.1 Å². The summed E-state index contributed by atoms with van der Waals surface area (Å²) >= 11 is 0. The van der Waals surface area contributed by atoms with Gasteiger partial charge in [0.2, 0.25) is 0 Å². The normalized spacial score (nSPS) is 11.4. The van der Waals surface area contributed by atoms with Gasteiger partial charge in [0.1, 0.15) is 23.2 Å². The van der Waals surface area contributed by atoms with Crippen LogP contribution >= 0.6 is 0 Å². The summed E-state index contributed by atoms with van der Waals surface area (Å²) in [4.78, 5) is 44.2. The Balaban J connectivity index is 1.37. The van der Waals surface area contributed by atoms with Crippen molar-refractivity contribution in [3.8, 4) is 28.1 Å². The first-order chi connectivity index (χ1) is 21.5. The van der Waals surface area contributed by atoms with Gasteiger partial charge in [0.25, 0.3) is 11.5 Å². The molecule has 2 aromatic carbocycles. The number of aromatic nitrogens is 7. The van der Waals surface area contributed by atoms with E-state index in [-0.39, 0.29) is 17.3 Å². The minimum atomic E-state index is -0.860. The van der Waals surface area contributed by atoms with Crippen LogP contribution in [0.3, 0.4) is 0 Å². The lowest BCUT2D eigenvalue weighted by Gasteiger charge is -2.15. The Hall–Kier alpha value is -5.85. The van der Waals surface area contributed by atoms with Crippen molar-refractivity contribution in [3.63, 3.8) is 0 Å². The van der Waals surface area contributed by atoms with Gasteiger partial charge in [-0.05, 0) is 69.7 Å². The van der Waals surface area contributed by atoms with E-state index >= 15 is 0 Å². The van der Waals surface area contributed by atoms with Crippen molar-refractivity contribution in [3.05, 3.63) is 111 Å². The van der Waals surface area contributed by atoms with Gasteiger partial charge in [-0.2, -0.15) is 10.2 Å². The van der Waals surface area contributed by atoms with Crippen molar-refractivity contribution >= 4 is 22.9 Å². The number of fused-ring (bicyclic) bond motifs is 1. The Labute approximate surface area is 256 Å². The largest absolute Gasteiger partial charge is 0.382 e. The second-order valence-corrected chi connectivity index (χ2v) is 11.0. The number of aryl methyl sites for hydroxylation is 2. The van der Waals surface area contributed by atoms with E-state index in [9.17, 15) is 18.8 Å². The number of hydrogen-bond acceptors (Lipinski definition) is 7. The van der Waals surface area contributed by atoms with E-state index < -0.39 is 23.0 Å². The third-order valence-corrected chi connectivity index (χ3v) is 7.78. The number of rotatable bonds is 6. The second-order valence-electron chi connectivity index (χ2n) is 11.0. The summed E-state index contributed by atoms with van der Waals surface area (Å²) in [6.07, 6.45) is 2.63. The lowest BCUT2D eigenvalue weighted by molar-refractivity contribution is 0.102. The van der Waals surface area contributed by atoms with Gasteiger partial charge in [-0.1, -0.05) is 18.2 Å². The van der Waals surface area contributed by atoms with E-state index in [1.807, 2.05) is 43.8 Å². The highest BCUT2D eigenvalue weighted by Crippen LogP contribution is 2.37. The molecular weight excluding hydrogens is 577 g/mol. The van der Waals surface area contributed by atoms with Gasteiger partial charge in [0, 0.05) is 41.8 Å². The molecule has 0 radical (unpaired) electrons. The maximum absolute atomic E-state index is 14.0. The number of nitrogen functional groups attached to an aromatic ring is 1. The minimum absolute atomic E-state index is 0.0255. The molecule has 0 fully saturated rings. The summed E-state index contributed by atoms with van der Waals surface area (Å²) in [6.45, 7) is 7.40. The summed E-state index contributed by atoms with van der Waals surface area (Å²) in [5.41, 5.74) is 10.7. The summed E-state index contributed by atoms with van der Waals surface area (Å²) in [5.74, 6) is -1.03. The predicted molar refractivity (Wildman–Crippen MR) is 169 cm³/mol. The molecule has 6 aromatic rings. The lowest BCUT2D eigenvalue weighted by atomic mass is 10.0. The molecule has 0 saturated carbocycles. The number of nitrogens with two attached hydrogens (primary N) is 1. The lowest BCUT2D eigenvalue weighted by Crippen LogP contribution is -2.42. The Morgan fingerprint density at radius 1 is 1.04 bits per heavy atom. The van der Waals surface area contributed by atoms with E-state index in [1.165, 1.54) is 35.3 Å². The molecular formula is C32H30FN9O3. The van der Waals surface area contributed by atoms with Crippen LogP contribution in [0, 0.1) is 19.7 Å². The van der Waals surface area contributed by atoms with Crippen molar-refractivity contribution in [1.29, 1.82) is 0 Å². The van der Waals surface area contributed by atoms with Crippen LogP contribution in [0.2, 0.25) is 0 Å². The number of nitrogens with zero attached hydrogens (tertiary/aromatic N) is 7. The van der Waals surface area contributed by atoms with Gasteiger partial charge in [0.05, 0.1) is 17.1 Å².